The molecular weight excluding hydrogens is 254 g/mol. The lowest BCUT2D eigenvalue weighted by molar-refractivity contribution is 0.0699. The Balaban J connectivity index is 2.35. The van der Waals surface area contributed by atoms with Gasteiger partial charge in [-0.3, -0.25) is 0 Å². The molecule has 3 aromatic rings. The Hall–Kier alpha value is -2.69. The number of hydrogen-bond acceptors (Lipinski definition) is 3. The van der Waals surface area contributed by atoms with Crippen LogP contribution < -0.4 is 0 Å². The maximum atomic E-state index is 11.4. The predicted molar refractivity (Wildman–Crippen MR) is 75.6 cm³/mol. The number of aromatic nitrogens is 3. The van der Waals surface area contributed by atoms with Gasteiger partial charge in [0.2, 0.25) is 0 Å². The highest BCUT2D eigenvalue weighted by Crippen LogP contribution is 2.29. The Kier molecular flexibility index (Phi) is 2.75. The van der Waals surface area contributed by atoms with Crippen LogP contribution in [0.15, 0.2) is 36.8 Å². The molecular formula is C15H13N3O2. The Morgan fingerprint density at radius 3 is 2.55 bits per heavy atom. The summed E-state index contributed by atoms with van der Waals surface area (Å²) in [6.45, 7) is 2.00. The molecule has 0 unspecified atom stereocenters. The van der Waals surface area contributed by atoms with Gasteiger partial charge in [0.1, 0.15) is 12.0 Å². The zero-order valence-electron chi connectivity index (χ0n) is 11.2. The minimum Gasteiger partial charge on any atom is -0.478 e. The van der Waals surface area contributed by atoms with Crippen LogP contribution in [0.2, 0.25) is 0 Å². The Labute approximate surface area is 115 Å². The van der Waals surface area contributed by atoms with E-state index in [0.29, 0.717) is 16.7 Å². The van der Waals surface area contributed by atoms with Crippen molar-refractivity contribution in [2.75, 3.05) is 0 Å². The molecule has 2 heterocycles. The Bertz CT molecular complexity index is 804. The third-order valence-electron chi connectivity index (χ3n) is 3.31. The van der Waals surface area contributed by atoms with E-state index in [1.165, 1.54) is 6.33 Å². The van der Waals surface area contributed by atoms with Crippen molar-refractivity contribution in [3.8, 4) is 11.3 Å². The molecule has 3 rings (SSSR count). The second-order valence-corrected chi connectivity index (χ2v) is 4.75. The largest absolute Gasteiger partial charge is 0.478 e. The van der Waals surface area contributed by atoms with E-state index >= 15 is 0 Å². The first kappa shape index (κ1) is 12.3. The molecule has 20 heavy (non-hydrogen) atoms. The molecule has 0 atom stereocenters. The van der Waals surface area contributed by atoms with Gasteiger partial charge in [-0.15, -0.1) is 0 Å². The quantitative estimate of drug-likeness (QED) is 0.775. The highest BCUT2D eigenvalue weighted by molar-refractivity contribution is 6.07. The van der Waals surface area contributed by atoms with Crippen molar-refractivity contribution in [2.45, 2.75) is 6.92 Å². The van der Waals surface area contributed by atoms with E-state index in [4.69, 9.17) is 0 Å². The van der Waals surface area contributed by atoms with E-state index in [0.717, 1.165) is 11.1 Å². The zero-order chi connectivity index (χ0) is 14.3. The third-order valence-corrected chi connectivity index (χ3v) is 3.31. The molecule has 0 spiro atoms. The predicted octanol–water partition coefficient (Wildman–Crippen LogP) is 2.64. The van der Waals surface area contributed by atoms with Crippen molar-refractivity contribution in [2.24, 2.45) is 7.05 Å². The van der Waals surface area contributed by atoms with Crippen molar-refractivity contribution in [1.29, 1.82) is 0 Å². The second kappa shape index (κ2) is 4.45. The number of benzene rings is 1. The maximum Gasteiger partial charge on any atom is 0.338 e. The first-order valence-electron chi connectivity index (χ1n) is 6.18. The zero-order valence-corrected chi connectivity index (χ0v) is 11.2. The molecule has 0 fully saturated rings. The van der Waals surface area contributed by atoms with Gasteiger partial charge in [0, 0.05) is 18.8 Å². The summed E-state index contributed by atoms with van der Waals surface area (Å²) in [6, 6.07) is 7.84. The monoisotopic (exact) mass is 267 g/mol. The van der Waals surface area contributed by atoms with Crippen molar-refractivity contribution < 1.29 is 9.90 Å². The molecule has 2 aromatic heterocycles. The van der Waals surface area contributed by atoms with Crippen LogP contribution in [0.4, 0.5) is 0 Å². The second-order valence-electron chi connectivity index (χ2n) is 4.75. The highest BCUT2D eigenvalue weighted by Gasteiger charge is 2.18. The van der Waals surface area contributed by atoms with Gasteiger partial charge >= 0.3 is 5.97 Å². The molecule has 0 saturated heterocycles. The normalized spacial score (nSPS) is 10.9. The van der Waals surface area contributed by atoms with E-state index in [2.05, 4.69) is 9.97 Å². The van der Waals surface area contributed by atoms with E-state index in [1.54, 1.807) is 17.8 Å². The summed E-state index contributed by atoms with van der Waals surface area (Å²) in [6.07, 6.45) is 3.03. The molecule has 0 aliphatic rings. The number of carboxylic acid groups (broad SMARTS) is 1. The van der Waals surface area contributed by atoms with Crippen LogP contribution in [0.5, 0.6) is 0 Å². The molecule has 0 aliphatic heterocycles. The van der Waals surface area contributed by atoms with Gasteiger partial charge in [-0.05, 0) is 6.92 Å². The van der Waals surface area contributed by atoms with Crippen LogP contribution in [0.3, 0.4) is 0 Å². The minimum absolute atomic E-state index is 0.221. The number of aryl methyl sites for hydroxylation is 2. The number of aromatic carboxylic acids is 1. The van der Waals surface area contributed by atoms with Gasteiger partial charge in [0.05, 0.1) is 16.6 Å². The average Bonchev–Trinajstić information content (AvgIpc) is 2.78. The van der Waals surface area contributed by atoms with Crippen molar-refractivity contribution in [3.63, 3.8) is 0 Å². The van der Waals surface area contributed by atoms with Crippen molar-refractivity contribution in [1.82, 2.24) is 14.5 Å². The van der Waals surface area contributed by atoms with Gasteiger partial charge in [-0.1, -0.05) is 29.8 Å². The maximum absolute atomic E-state index is 11.4. The molecule has 1 N–H and O–H groups in total. The Morgan fingerprint density at radius 1 is 1.20 bits per heavy atom. The lowest BCUT2D eigenvalue weighted by Gasteiger charge is -2.04. The van der Waals surface area contributed by atoms with Gasteiger partial charge in [0.25, 0.3) is 0 Å². The number of hydrogen-bond donors (Lipinski definition) is 1. The Morgan fingerprint density at radius 2 is 1.90 bits per heavy atom. The molecule has 5 heteroatoms. The average molecular weight is 267 g/mol. The van der Waals surface area contributed by atoms with Crippen molar-refractivity contribution >= 4 is 17.0 Å². The first-order valence-corrected chi connectivity index (χ1v) is 6.18. The summed E-state index contributed by atoms with van der Waals surface area (Å²) in [5.41, 5.74) is 3.52. The van der Waals surface area contributed by atoms with Crippen LogP contribution in [-0.4, -0.2) is 25.6 Å². The standard InChI is InChI=1S/C15H13N3O2/c1-9-3-5-10(6-4-9)13-12-11(15(19)20)7-18(2)14(12)17-8-16-13/h3-8H,1-2H3,(H,19,20). The van der Waals surface area contributed by atoms with Gasteiger partial charge < -0.3 is 9.67 Å². The molecule has 100 valence electrons. The minimum atomic E-state index is -0.973. The molecule has 0 aliphatic carbocycles. The van der Waals surface area contributed by atoms with Gasteiger partial charge in [-0.2, -0.15) is 0 Å². The van der Waals surface area contributed by atoms with E-state index in [9.17, 15) is 9.90 Å². The number of carboxylic acids is 1. The van der Waals surface area contributed by atoms with Crippen LogP contribution in [0, 0.1) is 6.92 Å². The van der Waals surface area contributed by atoms with Crippen molar-refractivity contribution in [3.05, 3.63) is 47.9 Å². The molecule has 1 aromatic carbocycles. The summed E-state index contributed by atoms with van der Waals surface area (Å²) in [7, 11) is 1.78. The highest BCUT2D eigenvalue weighted by atomic mass is 16.4. The van der Waals surface area contributed by atoms with E-state index < -0.39 is 5.97 Å². The molecule has 0 saturated carbocycles. The van der Waals surface area contributed by atoms with Gasteiger partial charge in [0.15, 0.2) is 0 Å². The van der Waals surface area contributed by atoms with Crippen LogP contribution in [0.25, 0.3) is 22.3 Å². The summed E-state index contributed by atoms with van der Waals surface area (Å²) >= 11 is 0. The fraction of sp³-hybridized carbons (Fsp3) is 0.133. The van der Waals surface area contributed by atoms with Crippen LogP contribution in [0.1, 0.15) is 15.9 Å². The van der Waals surface area contributed by atoms with Crippen LogP contribution >= 0.6 is 0 Å². The SMILES string of the molecule is Cc1ccc(-c2ncnc3c2c(C(=O)O)cn3C)cc1. The third kappa shape index (κ3) is 1.84. The fourth-order valence-electron chi connectivity index (χ4n) is 2.30. The summed E-state index contributed by atoms with van der Waals surface area (Å²) in [5, 5.41) is 9.92. The summed E-state index contributed by atoms with van der Waals surface area (Å²) < 4.78 is 1.71. The van der Waals surface area contributed by atoms with E-state index in [1.807, 2.05) is 31.2 Å². The lowest BCUT2D eigenvalue weighted by Crippen LogP contribution is -1.96. The fourth-order valence-corrected chi connectivity index (χ4v) is 2.30. The molecule has 0 bridgehead atoms. The number of carbonyl (C=O) groups is 1. The summed E-state index contributed by atoms with van der Waals surface area (Å²) in [4.78, 5) is 19.8. The first-order chi connectivity index (χ1) is 9.58. The number of rotatable bonds is 2. The van der Waals surface area contributed by atoms with Gasteiger partial charge in [-0.25, -0.2) is 14.8 Å². The van der Waals surface area contributed by atoms with Crippen LogP contribution in [-0.2, 0) is 7.05 Å². The number of fused-ring (bicyclic) bond motifs is 1. The molecule has 0 radical (unpaired) electrons. The molecule has 5 nitrogen and oxygen atoms in total. The smallest absolute Gasteiger partial charge is 0.338 e. The molecule has 0 amide bonds. The topological polar surface area (TPSA) is 68.0 Å². The summed E-state index contributed by atoms with van der Waals surface area (Å²) in [5.74, 6) is -0.973. The number of nitrogens with zero attached hydrogens (tertiary/aromatic N) is 3. The lowest BCUT2D eigenvalue weighted by atomic mass is 10.1. The van der Waals surface area contributed by atoms with E-state index in [-0.39, 0.29) is 5.56 Å².